The van der Waals surface area contributed by atoms with E-state index in [9.17, 15) is 4.79 Å². The van der Waals surface area contributed by atoms with Gasteiger partial charge in [-0.1, -0.05) is 19.4 Å². The van der Waals surface area contributed by atoms with Gasteiger partial charge in [0.1, 0.15) is 5.92 Å². The maximum absolute atomic E-state index is 11.9. The molecular formula is C14H16N2O2. The van der Waals surface area contributed by atoms with Gasteiger partial charge in [0.2, 0.25) is 5.91 Å². The Hall–Kier alpha value is -1.86. The molecule has 0 aromatic heterocycles. The molecule has 0 fully saturated rings. The van der Waals surface area contributed by atoms with Crippen LogP contribution in [0.1, 0.15) is 30.9 Å². The predicted octanol–water partition coefficient (Wildman–Crippen LogP) is 2.60. The molecule has 4 nitrogen and oxygen atoms in total. The molecule has 1 heterocycles. The average molecular weight is 244 g/mol. The van der Waals surface area contributed by atoms with Crippen LogP contribution in [0.2, 0.25) is 0 Å². The van der Waals surface area contributed by atoms with E-state index in [1.165, 1.54) is 5.56 Å². The fourth-order valence-corrected chi connectivity index (χ4v) is 2.02. The number of nitrogens with zero attached hydrogens (tertiary/aromatic N) is 1. The Bertz CT molecular complexity index is 491. The largest absolute Gasteiger partial charge is 0.372 e. The number of carbonyl (C=O) groups excluding carboxylic acids is 1. The van der Waals surface area contributed by atoms with Crippen LogP contribution in [0.5, 0.6) is 0 Å². The second-order valence-electron chi connectivity index (χ2n) is 4.44. The number of amides is 1. The van der Waals surface area contributed by atoms with Gasteiger partial charge in [-0.2, -0.15) is 5.26 Å². The molecule has 0 spiro atoms. The van der Waals surface area contributed by atoms with Crippen LogP contribution in [0.3, 0.4) is 0 Å². The van der Waals surface area contributed by atoms with E-state index in [-0.39, 0.29) is 5.91 Å². The first kappa shape index (κ1) is 12.6. The van der Waals surface area contributed by atoms with Gasteiger partial charge in [0.15, 0.2) is 0 Å². The number of nitrogens with one attached hydrogen (secondary N) is 1. The smallest absolute Gasteiger partial charge is 0.241 e. The first-order valence-corrected chi connectivity index (χ1v) is 6.14. The third-order valence-corrected chi connectivity index (χ3v) is 3.04. The van der Waals surface area contributed by atoms with Crippen LogP contribution in [-0.4, -0.2) is 5.91 Å². The summed E-state index contributed by atoms with van der Waals surface area (Å²) in [6.45, 7) is 3.19. The molecule has 0 radical (unpaired) electrons. The second kappa shape index (κ2) is 5.65. The van der Waals surface area contributed by atoms with E-state index < -0.39 is 5.92 Å². The predicted molar refractivity (Wildman–Crippen MR) is 67.6 cm³/mol. The molecule has 1 atom stereocenters. The van der Waals surface area contributed by atoms with Crippen molar-refractivity contribution in [3.63, 3.8) is 0 Å². The number of fused-ring (bicyclic) bond motifs is 1. The Morgan fingerprint density at radius 3 is 3.00 bits per heavy atom. The number of hydrogen-bond acceptors (Lipinski definition) is 3. The zero-order valence-electron chi connectivity index (χ0n) is 10.4. The van der Waals surface area contributed by atoms with E-state index in [0.29, 0.717) is 19.6 Å². The van der Waals surface area contributed by atoms with E-state index in [1.54, 1.807) is 0 Å². The molecule has 1 aliphatic rings. The summed E-state index contributed by atoms with van der Waals surface area (Å²) in [6.07, 6.45) is 1.42. The van der Waals surface area contributed by atoms with Crippen molar-refractivity contribution in [3.05, 3.63) is 29.3 Å². The van der Waals surface area contributed by atoms with E-state index >= 15 is 0 Å². The van der Waals surface area contributed by atoms with E-state index in [2.05, 4.69) is 5.32 Å². The zero-order valence-corrected chi connectivity index (χ0v) is 10.4. The fourth-order valence-electron chi connectivity index (χ4n) is 2.02. The molecule has 1 aromatic carbocycles. The molecule has 1 aromatic rings. The van der Waals surface area contributed by atoms with Gasteiger partial charge in [-0.3, -0.25) is 4.79 Å². The van der Waals surface area contributed by atoms with Crippen molar-refractivity contribution < 1.29 is 9.53 Å². The van der Waals surface area contributed by atoms with Crippen LogP contribution in [0.4, 0.5) is 5.69 Å². The van der Waals surface area contributed by atoms with Gasteiger partial charge in [0.25, 0.3) is 0 Å². The molecule has 0 saturated heterocycles. The topological polar surface area (TPSA) is 62.1 Å². The summed E-state index contributed by atoms with van der Waals surface area (Å²) >= 11 is 0. The highest BCUT2D eigenvalue weighted by Crippen LogP contribution is 2.23. The third kappa shape index (κ3) is 2.69. The van der Waals surface area contributed by atoms with Gasteiger partial charge in [-0.15, -0.1) is 0 Å². The lowest BCUT2D eigenvalue weighted by Gasteiger charge is -2.10. The number of benzene rings is 1. The quantitative estimate of drug-likeness (QED) is 0.885. The maximum atomic E-state index is 11.9. The molecule has 1 unspecified atom stereocenters. The van der Waals surface area contributed by atoms with Gasteiger partial charge in [-0.25, -0.2) is 0 Å². The van der Waals surface area contributed by atoms with Crippen molar-refractivity contribution in [1.29, 1.82) is 5.26 Å². The monoisotopic (exact) mass is 244 g/mol. The number of ether oxygens (including phenoxy) is 1. The molecule has 1 N–H and O–H groups in total. The minimum atomic E-state index is -0.570. The summed E-state index contributed by atoms with van der Waals surface area (Å²) in [4.78, 5) is 11.9. The summed E-state index contributed by atoms with van der Waals surface area (Å²) in [6, 6.07) is 7.77. The molecule has 4 heteroatoms. The molecule has 0 aliphatic carbocycles. The van der Waals surface area contributed by atoms with Gasteiger partial charge in [-0.05, 0) is 29.7 Å². The third-order valence-electron chi connectivity index (χ3n) is 3.04. The van der Waals surface area contributed by atoms with E-state index in [0.717, 1.165) is 17.7 Å². The molecular weight excluding hydrogens is 228 g/mol. The Balaban J connectivity index is 2.05. The van der Waals surface area contributed by atoms with Crippen LogP contribution >= 0.6 is 0 Å². The van der Waals surface area contributed by atoms with Crippen LogP contribution in [-0.2, 0) is 22.7 Å². The Morgan fingerprint density at radius 2 is 2.28 bits per heavy atom. The van der Waals surface area contributed by atoms with Gasteiger partial charge >= 0.3 is 0 Å². The second-order valence-corrected chi connectivity index (χ2v) is 4.44. The lowest BCUT2D eigenvalue weighted by atomic mass is 10.0. The standard InChI is InChI=1S/C14H16N2O2/c1-2-3-10(7-15)14(17)16-13-5-4-11-8-18-9-12(11)6-13/h4-6,10H,2-3,8-9H2,1H3,(H,16,17). The summed E-state index contributed by atoms with van der Waals surface area (Å²) in [5.74, 6) is -0.794. The lowest BCUT2D eigenvalue weighted by Crippen LogP contribution is -2.21. The minimum absolute atomic E-state index is 0.224. The average Bonchev–Trinajstić information content (AvgIpc) is 2.83. The molecule has 94 valence electrons. The molecule has 0 bridgehead atoms. The molecule has 18 heavy (non-hydrogen) atoms. The molecule has 0 saturated carbocycles. The van der Waals surface area contributed by atoms with Crippen LogP contribution in [0.15, 0.2) is 18.2 Å². The van der Waals surface area contributed by atoms with Crippen molar-refractivity contribution in [2.45, 2.75) is 33.0 Å². The first-order chi connectivity index (χ1) is 8.74. The van der Waals surface area contributed by atoms with Crippen molar-refractivity contribution >= 4 is 11.6 Å². The van der Waals surface area contributed by atoms with E-state index in [4.69, 9.17) is 10.00 Å². The maximum Gasteiger partial charge on any atom is 0.241 e. The van der Waals surface area contributed by atoms with Crippen molar-refractivity contribution in [1.82, 2.24) is 0 Å². The van der Waals surface area contributed by atoms with Crippen LogP contribution in [0, 0.1) is 17.2 Å². The highest BCUT2D eigenvalue weighted by molar-refractivity contribution is 5.94. The van der Waals surface area contributed by atoms with Gasteiger partial charge < -0.3 is 10.1 Å². The number of hydrogen-bond donors (Lipinski definition) is 1. The number of anilines is 1. The van der Waals surface area contributed by atoms with E-state index in [1.807, 2.05) is 31.2 Å². The van der Waals surface area contributed by atoms with Gasteiger partial charge in [0.05, 0.1) is 19.3 Å². The number of carbonyl (C=O) groups is 1. The van der Waals surface area contributed by atoms with Crippen molar-refractivity contribution in [2.24, 2.45) is 5.92 Å². The van der Waals surface area contributed by atoms with Crippen molar-refractivity contribution in [2.75, 3.05) is 5.32 Å². The number of rotatable bonds is 4. The fraction of sp³-hybridized carbons (Fsp3) is 0.429. The molecule has 1 amide bonds. The highest BCUT2D eigenvalue weighted by atomic mass is 16.5. The number of nitriles is 1. The van der Waals surface area contributed by atoms with Crippen LogP contribution < -0.4 is 5.32 Å². The highest BCUT2D eigenvalue weighted by Gasteiger charge is 2.18. The Labute approximate surface area is 107 Å². The summed E-state index contributed by atoms with van der Waals surface area (Å²) in [5, 5.41) is 11.7. The van der Waals surface area contributed by atoms with Gasteiger partial charge in [0, 0.05) is 5.69 Å². The van der Waals surface area contributed by atoms with Crippen molar-refractivity contribution in [3.8, 4) is 6.07 Å². The lowest BCUT2D eigenvalue weighted by molar-refractivity contribution is -0.118. The van der Waals surface area contributed by atoms with Crippen LogP contribution in [0.25, 0.3) is 0 Å². The summed E-state index contributed by atoms with van der Waals surface area (Å²) in [7, 11) is 0. The normalized spacial score (nSPS) is 14.7. The first-order valence-electron chi connectivity index (χ1n) is 6.14. The zero-order chi connectivity index (χ0) is 13.0. The molecule has 2 rings (SSSR count). The molecule has 1 aliphatic heterocycles. The Morgan fingerprint density at radius 1 is 1.50 bits per heavy atom. The Kier molecular flexibility index (Phi) is 3.96. The minimum Gasteiger partial charge on any atom is -0.372 e. The summed E-state index contributed by atoms with van der Waals surface area (Å²) in [5.41, 5.74) is 3.01. The SMILES string of the molecule is CCCC(C#N)C(=O)Nc1ccc2c(c1)COC2. The summed E-state index contributed by atoms with van der Waals surface area (Å²) < 4.78 is 5.32.